The van der Waals surface area contributed by atoms with Gasteiger partial charge in [0.2, 0.25) is 5.13 Å². The third-order valence-corrected chi connectivity index (χ3v) is 3.50. The van der Waals surface area contributed by atoms with Gasteiger partial charge >= 0.3 is 5.97 Å². The fourth-order valence-electron chi connectivity index (χ4n) is 1.91. The Kier molecular flexibility index (Phi) is 2.97. The Labute approximate surface area is 103 Å². The second-order valence-corrected chi connectivity index (χ2v) is 4.74. The molecule has 5 nitrogen and oxygen atoms in total. The van der Waals surface area contributed by atoms with Gasteiger partial charge in [0.25, 0.3) is 0 Å². The van der Waals surface area contributed by atoms with Crippen molar-refractivity contribution in [3.8, 4) is 5.13 Å². The largest absolute Gasteiger partial charge is 0.481 e. The molecule has 2 aromatic heterocycles. The molecule has 0 fully saturated rings. The van der Waals surface area contributed by atoms with Gasteiger partial charge in [0, 0.05) is 22.8 Å². The van der Waals surface area contributed by atoms with Crippen LogP contribution < -0.4 is 0 Å². The van der Waals surface area contributed by atoms with E-state index in [9.17, 15) is 4.79 Å². The maximum atomic E-state index is 11.0. The topological polar surface area (TPSA) is 68.0 Å². The standard InChI is InChI=1S/C11H13N3O2S/c1-6(10(15)16)9-7(2)13-14(8(9)3)11-12-4-5-17-11/h4-6H,1-3H3,(H,15,16). The normalized spacial score (nSPS) is 12.6. The first-order chi connectivity index (χ1) is 8.02. The summed E-state index contributed by atoms with van der Waals surface area (Å²) in [6.07, 6.45) is 1.71. The minimum absolute atomic E-state index is 0.552. The number of carboxylic acids is 1. The van der Waals surface area contributed by atoms with Crippen LogP contribution in [0.25, 0.3) is 5.13 Å². The Morgan fingerprint density at radius 1 is 1.53 bits per heavy atom. The number of aryl methyl sites for hydroxylation is 1. The number of aliphatic carboxylic acids is 1. The smallest absolute Gasteiger partial charge is 0.310 e. The molecule has 2 heterocycles. The highest BCUT2D eigenvalue weighted by molar-refractivity contribution is 7.12. The molecule has 0 bridgehead atoms. The van der Waals surface area contributed by atoms with Crippen molar-refractivity contribution < 1.29 is 9.90 Å². The number of carboxylic acid groups (broad SMARTS) is 1. The molecule has 0 aliphatic carbocycles. The van der Waals surface area contributed by atoms with Crippen LogP contribution in [-0.2, 0) is 4.79 Å². The molecule has 0 spiro atoms. The number of rotatable bonds is 3. The molecular weight excluding hydrogens is 238 g/mol. The Hall–Kier alpha value is -1.69. The van der Waals surface area contributed by atoms with Crippen molar-refractivity contribution in [1.29, 1.82) is 0 Å². The number of nitrogens with zero attached hydrogens (tertiary/aromatic N) is 3. The van der Waals surface area contributed by atoms with Crippen molar-refractivity contribution in [1.82, 2.24) is 14.8 Å². The summed E-state index contributed by atoms with van der Waals surface area (Å²) in [6, 6.07) is 0. The van der Waals surface area contributed by atoms with E-state index in [0.29, 0.717) is 0 Å². The van der Waals surface area contributed by atoms with Gasteiger partial charge in [-0.1, -0.05) is 0 Å². The predicted octanol–water partition coefficient (Wildman–Crippen LogP) is 2.13. The minimum atomic E-state index is -0.838. The van der Waals surface area contributed by atoms with Crippen molar-refractivity contribution in [3.63, 3.8) is 0 Å². The number of aromatic nitrogens is 3. The summed E-state index contributed by atoms with van der Waals surface area (Å²) in [4.78, 5) is 15.2. The Morgan fingerprint density at radius 2 is 2.24 bits per heavy atom. The minimum Gasteiger partial charge on any atom is -0.481 e. The summed E-state index contributed by atoms with van der Waals surface area (Å²) in [5.41, 5.74) is 2.35. The molecule has 0 amide bonds. The van der Waals surface area contributed by atoms with Crippen molar-refractivity contribution in [2.45, 2.75) is 26.7 Å². The molecule has 6 heteroatoms. The van der Waals surface area contributed by atoms with Crippen molar-refractivity contribution in [3.05, 3.63) is 28.5 Å². The third kappa shape index (κ3) is 1.95. The first-order valence-electron chi connectivity index (χ1n) is 5.21. The van der Waals surface area contributed by atoms with Crippen LogP contribution in [0.1, 0.15) is 29.8 Å². The molecular formula is C11H13N3O2S. The van der Waals surface area contributed by atoms with Gasteiger partial charge in [0.05, 0.1) is 11.6 Å². The lowest BCUT2D eigenvalue weighted by atomic mass is 10.00. The molecule has 0 aliphatic rings. The Morgan fingerprint density at radius 3 is 2.76 bits per heavy atom. The first kappa shape index (κ1) is 11.8. The van der Waals surface area contributed by atoms with Gasteiger partial charge in [0.1, 0.15) is 0 Å². The summed E-state index contributed by atoms with van der Waals surface area (Å²) >= 11 is 1.47. The summed E-state index contributed by atoms with van der Waals surface area (Å²) in [5.74, 6) is -1.39. The van der Waals surface area contributed by atoms with E-state index in [1.165, 1.54) is 11.3 Å². The van der Waals surface area contributed by atoms with E-state index in [-0.39, 0.29) is 0 Å². The lowest BCUT2D eigenvalue weighted by Gasteiger charge is -2.06. The summed E-state index contributed by atoms with van der Waals surface area (Å²) in [6.45, 7) is 5.37. The summed E-state index contributed by atoms with van der Waals surface area (Å²) < 4.78 is 1.70. The zero-order chi connectivity index (χ0) is 12.6. The average Bonchev–Trinajstić information content (AvgIpc) is 2.86. The van der Waals surface area contributed by atoms with Crippen LogP contribution in [0.3, 0.4) is 0 Å². The van der Waals surface area contributed by atoms with Crippen LogP contribution >= 0.6 is 11.3 Å². The van der Waals surface area contributed by atoms with E-state index in [2.05, 4.69) is 10.1 Å². The maximum Gasteiger partial charge on any atom is 0.310 e. The highest BCUT2D eigenvalue weighted by Crippen LogP contribution is 2.26. The fourth-order valence-corrected chi connectivity index (χ4v) is 2.55. The third-order valence-electron chi connectivity index (χ3n) is 2.75. The van der Waals surface area contributed by atoms with Gasteiger partial charge in [-0.25, -0.2) is 9.67 Å². The van der Waals surface area contributed by atoms with Crippen molar-refractivity contribution in [2.24, 2.45) is 0 Å². The lowest BCUT2D eigenvalue weighted by molar-refractivity contribution is -0.138. The number of thiazole rings is 1. The monoisotopic (exact) mass is 251 g/mol. The predicted molar refractivity (Wildman–Crippen MR) is 64.8 cm³/mol. The molecule has 0 aromatic carbocycles. The average molecular weight is 251 g/mol. The van der Waals surface area contributed by atoms with Gasteiger partial charge in [-0.3, -0.25) is 4.79 Å². The number of carbonyl (C=O) groups is 1. The van der Waals surface area contributed by atoms with Crippen LogP contribution in [0, 0.1) is 13.8 Å². The molecule has 1 atom stereocenters. The van der Waals surface area contributed by atoms with Gasteiger partial charge in [-0.15, -0.1) is 11.3 Å². The molecule has 1 unspecified atom stereocenters. The number of hydrogen-bond donors (Lipinski definition) is 1. The first-order valence-corrected chi connectivity index (χ1v) is 6.09. The second-order valence-electron chi connectivity index (χ2n) is 3.87. The maximum absolute atomic E-state index is 11.0. The van der Waals surface area contributed by atoms with E-state index in [1.54, 1.807) is 17.8 Å². The van der Waals surface area contributed by atoms with E-state index in [1.807, 2.05) is 19.2 Å². The second kappa shape index (κ2) is 4.29. The van der Waals surface area contributed by atoms with Gasteiger partial charge in [0.15, 0.2) is 0 Å². The SMILES string of the molecule is Cc1nn(-c2nccs2)c(C)c1C(C)C(=O)O. The van der Waals surface area contributed by atoms with Crippen LogP contribution in [0.5, 0.6) is 0 Å². The zero-order valence-corrected chi connectivity index (χ0v) is 10.7. The van der Waals surface area contributed by atoms with E-state index < -0.39 is 11.9 Å². The molecule has 0 aliphatic heterocycles. The molecule has 17 heavy (non-hydrogen) atoms. The van der Waals surface area contributed by atoms with Crippen LogP contribution in [-0.4, -0.2) is 25.8 Å². The van der Waals surface area contributed by atoms with Crippen LogP contribution in [0.2, 0.25) is 0 Å². The Balaban J connectivity index is 2.53. The molecule has 90 valence electrons. The molecule has 0 saturated carbocycles. The molecule has 2 aromatic rings. The number of hydrogen-bond acceptors (Lipinski definition) is 4. The Bertz CT molecular complexity index is 545. The van der Waals surface area contributed by atoms with Crippen molar-refractivity contribution >= 4 is 17.3 Å². The molecule has 0 saturated heterocycles. The molecule has 0 radical (unpaired) electrons. The molecule has 2 rings (SSSR count). The summed E-state index contributed by atoms with van der Waals surface area (Å²) in [7, 11) is 0. The lowest BCUT2D eigenvalue weighted by Crippen LogP contribution is -2.09. The van der Waals surface area contributed by atoms with E-state index in [4.69, 9.17) is 5.11 Å². The van der Waals surface area contributed by atoms with Crippen LogP contribution in [0.15, 0.2) is 11.6 Å². The quantitative estimate of drug-likeness (QED) is 0.907. The van der Waals surface area contributed by atoms with Gasteiger partial charge in [-0.05, 0) is 20.8 Å². The summed E-state index contributed by atoms with van der Waals surface area (Å²) in [5, 5.41) is 16.1. The van der Waals surface area contributed by atoms with Gasteiger partial charge in [-0.2, -0.15) is 5.10 Å². The molecule has 1 N–H and O–H groups in total. The highest BCUT2D eigenvalue weighted by atomic mass is 32.1. The van der Waals surface area contributed by atoms with Crippen molar-refractivity contribution in [2.75, 3.05) is 0 Å². The zero-order valence-electron chi connectivity index (χ0n) is 9.84. The van der Waals surface area contributed by atoms with Crippen LogP contribution in [0.4, 0.5) is 0 Å². The fraction of sp³-hybridized carbons (Fsp3) is 0.364. The van der Waals surface area contributed by atoms with E-state index >= 15 is 0 Å². The van der Waals surface area contributed by atoms with Gasteiger partial charge < -0.3 is 5.11 Å². The van der Waals surface area contributed by atoms with E-state index in [0.717, 1.165) is 22.1 Å². The highest BCUT2D eigenvalue weighted by Gasteiger charge is 2.23.